The van der Waals surface area contributed by atoms with Gasteiger partial charge in [0.25, 0.3) is 0 Å². The van der Waals surface area contributed by atoms with Crippen LogP contribution in [-0.2, 0) is 11.2 Å². The van der Waals surface area contributed by atoms with Crippen molar-refractivity contribution in [3.63, 3.8) is 0 Å². The third kappa shape index (κ3) is 5.83. The first-order chi connectivity index (χ1) is 13.9. The third-order valence-electron chi connectivity index (χ3n) is 4.44. The van der Waals surface area contributed by atoms with Crippen LogP contribution in [0.5, 0.6) is 0 Å². The minimum absolute atomic E-state index is 0.0325. The number of piperazine rings is 1. The lowest BCUT2D eigenvalue weighted by molar-refractivity contribution is -0.120. The van der Waals surface area contributed by atoms with Gasteiger partial charge in [0.2, 0.25) is 11.8 Å². The molecule has 1 aromatic heterocycles. The molecule has 1 saturated heterocycles. The van der Waals surface area contributed by atoms with E-state index in [-0.39, 0.29) is 24.4 Å². The van der Waals surface area contributed by atoms with E-state index in [9.17, 15) is 9.59 Å². The lowest BCUT2D eigenvalue weighted by Gasteiger charge is -2.29. The highest BCUT2D eigenvalue weighted by Gasteiger charge is 2.19. The summed E-state index contributed by atoms with van der Waals surface area (Å²) in [6.07, 6.45) is 1.29. The first-order valence-electron chi connectivity index (χ1n) is 9.61. The van der Waals surface area contributed by atoms with Gasteiger partial charge in [-0.3, -0.25) is 4.79 Å². The number of nitrogens with one attached hydrogen (secondary N) is 3. The van der Waals surface area contributed by atoms with E-state index in [2.05, 4.69) is 26.1 Å². The van der Waals surface area contributed by atoms with Crippen LogP contribution in [0.1, 0.15) is 37.9 Å². The molecule has 1 aliphatic heterocycles. The number of halogens is 1. The zero-order valence-corrected chi connectivity index (χ0v) is 17.3. The molecule has 0 bridgehead atoms. The van der Waals surface area contributed by atoms with E-state index in [1.165, 1.54) is 0 Å². The van der Waals surface area contributed by atoms with E-state index in [1.807, 2.05) is 18.7 Å². The Morgan fingerprint density at radius 2 is 2.24 bits per heavy atom. The molecule has 1 aromatic carbocycles. The number of urea groups is 1. The summed E-state index contributed by atoms with van der Waals surface area (Å²) < 4.78 is 5.18. The normalized spacial score (nSPS) is 14.1. The first-order valence-corrected chi connectivity index (χ1v) is 9.98. The van der Waals surface area contributed by atoms with Gasteiger partial charge >= 0.3 is 6.03 Å². The van der Waals surface area contributed by atoms with Crippen LogP contribution in [0.25, 0.3) is 0 Å². The minimum atomic E-state index is -0.320. The zero-order chi connectivity index (χ0) is 20.8. The maximum atomic E-state index is 12.1. The largest absolute Gasteiger partial charge is 0.359 e. The smallest absolute Gasteiger partial charge is 0.319 e. The van der Waals surface area contributed by atoms with Crippen LogP contribution in [0, 0.1) is 0 Å². The Morgan fingerprint density at radius 1 is 1.41 bits per heavy atom. The van der Waals surface area contributed by atoms with Gasteiger partial charge in [0.1, 0.15) is 0 Å². The summed E-state index contributed by atoms with van der Waals surface area (Å²) >= 11 is 6.34. The number of amides is 3. The van der Waals surface area contributed by atoms with Gasteiger partial charge in [-0.1, -0.05) is 30.6 Å². The highest BCUT2D eigenvalue weighted by Crippen LogP contribution is 2.29. The molecule has 0 aliphatic carbocycles. The van der Waals surface area contributed by atoms with Gasteiger partial charge in [0.05, 0.1) is 17.3 Å². The quantitative estimate of drug-likeness (QED) is 0.593. The van der Waals surface area contributed by atoms with Crippen LogP contribution in [0.15, 0.2) is 22.7 Å². The summed E-state index contributed by atoms with van der Waals surface area (Å²) in [7, 11) is 0. The van der Waals surface area contributed by atoms with E-state index < -0.39 is 0 Å². The van der Waals surface area contributed by atoms with Crippen LogP contribution >= 0.6 is 11.6 Å². The van der Waals surface area contributed by atoms with Gasteiger partial charge in [-0.15, -0.1) is 0 Å². The number of nitrogens with zero attached hydrogens (tertiary/aromatic N) is 3. The zero-order valence-electron chi connectivity index (χ0n) is 16.5. The molecule has 0 spiro atoms. The second kappa shape index (κ2) is 9.60. The average Bonchev–Trinajstić information content (AvgIpc) is 3.15. The molecule has 9 nitrogen and oxygen atoms in total. The van der Waals surface area contributed by atoms with Crippen molar-refractivity contribution in [2.24, 2.45) is 0 Å². The molecular weight excluding hydrogens is 396 g/mol. The maximum absolute atomic E-state index is 12.1. The van der Waals surface area contributed by atoms with Crippen molar-refractivity contribution in [2.75, 3.05) is 36.4 Å². The summed E-state index contributed by atoms with van der Waals surface area (Å²) in [5, 5.41) is 12.7. The molecule has 156 valence electrons. The number of benzene rings is 1. The summed E-state index contributed by atoms with van der Waals surface area (Å²) in [4.78, 5) is 29.8. The summed E-state index contributed by atoms with van der Waals surface area (Å²) in [6, 6.07) is 4.92. The van der Waals surface area contributed by atoms with Crippen molar-refractivity contribution < 1.29 is 14.1 Å². The Morgan fingerprint density at radius 3 is 2.93 bits per heavy atom. The van der Waals surface area contributed by atoms with Gasteiger partial charge in [0.15, 0.2) is 5.82 Å². The van der Waals surface area contributed by atoms with Crippen LogP contribution in [0.4, 0.5) is 16.2 Å². The molecule has 29 heavy (non-hydrogen) atoms. The van der Waals surface area contributed by atoms with E-state index in [0.29, 0.717) is 54.9 Å². The van der Waals surface area contributed by atoms with Gasteiger partial charge in [-0.05, 0) is 24.6 Å². The lowest BCUT2D eigenvalue weighted by atomic mass is 10.2. The number of carbonyl (C=O) groups excluding carboxylic acids is 2. The molecule has 2 heterocycles. The minimum Gasteiger partial charge on any atom is -0.359 e. The molecule has 0 saturated carbocycles. The van der Waals surface area contributed by atoms with E-state index in [1.54, 1.807) is 18.2 Å². The van der Waals surface area contributed by atoms with E-state index in [4.69, 9.17) is 16.1 Å². The SMILES string of the molecule is CC(C)c1noc(CCCNC(=O)Nc2ccc(N3CCNC(=O)C3)c(Cl)c2)n1. The Hall–Kier alpha value is -2.81. The van der Waals surface area contributed by atoms with Crippen molar-refractivity contribution in [3.8, 4) is 0 Å². The molecule has 3 amide bonds. The second-order valence-corrected chi connectivity index (χ2v) is 7.53. The Balaban J connectivity index is 1.44. The van der Waals surface area contributed by atoms with Crippen molar-refractivity contribution in [3.05, 3.63) is 34.9 Å². The lowest BCUT2D eigenvalue weighted by Crippen LogP contribution is -2.47. The number of anilines is 2. The first kappa shape index (κ1) is 20.9. The van der Waals surface area contributed by atoms with Crippen LogP contribution < -0.4 is 20.9 Å². The number of aryl methyl sites for hydroxylation is 1. The molecule has 0 radical (unpaired) electrons. The fourth-order valence-corrected chi connectivity index (χ4v) is 3.21. The molecule has 0 unspecified atom stereocenters. The standard InChI is InChI=1S/C19H25ClN6O3/c1-12(2)18-24-17(29-25-18)4-3-7-22-19(28)23-13-5-6-15(14(20)10-13)26-9-8-21-16(27)11-26/h5-6,10,12H,3-4,7-9,11H2,1-2H3,(H,21,27)(H2,22,23,28). The number of aromatic nitrogens is 2. The van der Waals surface area contributed by atoms with Gasteiger partial charge in [0, 0.05) is 37.7 Å². The predicted molar refractivity (Wildman–Crippen MR) is 110 cm³/mol. The topological polar surface area (TPSA) is 112 Å². The predicted octanol–water partition coefficient (Wildman–Crippen LogP) is 2.54. The molecule has 1 fully saturated rings. The van der Waals surface area contributed by atoms with Crippen LogP contribution in [0.3, 0.4) is 0 Å². The Kier molecular flexibility index (Phi) is 6.92. The van der Waals surface area contributed by atoms with E-state index >= 15 is 0 Å². The van der Waals surface area contributed by atoms with Crippen molar-refractivity contribution >= 4 is 34.9 Å². The molecule has 0 atom stereocenters. The monoisotopic (exact) mass is 420 g/mol. The Labute approximate surface area is 174 Å². The summed E-state index contributed by atoms with van der Waals surface area (Å²) in [5.41, 5.74) is 1.35. The molecule has 1 aliphatic rings. The van der Waals surface area contributed by atoms with Gasteiger partial charge < -0.3 is 25.4 Å². The molecule has 3 rings (SSSR count). The van der Waals surface area contributed by atoms with Gasteiger partial charge in [-0.25, -0.2) is 4.79 Å². The third-order valence-corrected chi connectivity index (χ3v) is 4.74. The number of rotatable bonds is 7. The molecular formula is C19H25ClN6O3. The average molecular weight is 421 g/mol. The summed E-state index contributed by atoms with van der Waals surface area (Å²) in [6.45, 7) is 6.02. The number of carbonyl (C=O) groups is 2. The highest BCUT2D eigenvalue weighted by atomic mass is 35.5. The fraction of sp³-hybridized carbons (Fsp3) is 0.474. The van der Waals surface area contributed by atoms with Crippen molar-refractivity contribution in [1.29, 1.82) is 0 Å². The molecule has 10 heteroatoms. The summed E-state index contributed by atoms with van der Waals surface area (Å²) in [5.74, 6) is 1.46. The van der Waals surface area contributed by atoms with E-state index in [0.717, 1.165) is 5.69 Å². The number of hydrogen-bond donors (Lipinski definition) is 3. The second-order valence-electron chi connectivity index (χ2n) is 7.12. The maximum Gasteiger partial charge on any atom is 0.319 e. The highest BCUT2D eigenvalue weighted by molar-refractivity contribution is 6.33. The molecule has 3 N–H and O–H groups in total. The van der Waals surface area contributed by atoms with Crippen LogP contribution in [0.2, 0.25) is 5.02 Å². The van der Waals surface area contributed by atoms with Crippen molar-refractivity contribution in [1.82, 2.24) is 20.8 Å². The molecule has 2 aromatic rings. The Bertz CT molecular complexity index is 869. The fourth-order valence-electron chi connectivity index (χ4n) is 2.91. The van der Waals surface area contributed by atoms with Crippen LogP contribution in [-0.4, -0.2) is 48.3 Å². The number of hydrogen-bond acceptors (Lipinski definition) is 6. The van der Waals surface area contributed by atoms with Gasteiger partial charge in [-0.2, -0.15) is 4.98 Å². The van der Waals surface area contributed by atoms with Crippen molar-refractivity contribution in [2.45, 2.75) is 32.6 Å².